The third-order valence-corrected chi connectivity index (χ3v) is 5.82. The standard InChI is InChI=1S/C24H24Cl4N2O2/c25-19-7-5-8-20(26)17(19)11-13-23(31)29-15-3-1-2-4-16-30-24(32)14-12-18-21(27)9-6-10-22(18)28/h5-14H,1-4,15-16H2,(H,29,31)(H,30,32). The molecule has 0 bridgehead atoms. The van der Waals surface area contributed by atoms with Gasteiger partial charge in [-0.15, -0.1) is 0 Å². The first kappa shape index (κ1) is 26.3. The maximum absolute atomic E-state index is 11.9. The molecule has 0 radical (unpaired) electrons. The van der Waals surface area contributed by atoms with Crippen molar-refractivity contribution in [1.82, 2.24) is 10.6 Å². The van der Waals surface area contributed by atoms with Crippen LogP contribution in [0.1, 0.15) is 36.8 Å². The average molecular weight is 514 g/mol. The van der Waals surface area contributed by atoms with E-state index >= 15 is 0 Å². The van der Waals surface area contributed by atoms with E-state index in [1.54, 1.807) is 48.6 Å². The molecule has 8 heteroatoms. The summed E-state index contributed by atoms with van der Waals surface area (Å²) >= 11 is 24.3. The van der Waals surface area contributed by atoms with Crippen molar-refractivity contribution in [3.8, 4) is 0 Å². The first-order valence-corrected chi connectivity index (χ1v) is 11.7. The summed E-state index contributed by atoms with van der Waals surface area (Å²) in [4.78, 5) is 23.8. The Hall–Kier alpha value is -1.98. The number of nitrogens with one attached hydrogen (secondary N) is 2. The number of unbranched alkanes of at least 4 members (excludes halogenated alkanes) is 3. The van der Waals surface area contributed by atoms with E-state index < -0.39 is 0 Å². The Bertz CT molecular complexity index is 870. The van der Waals surface area contributed by atoms with Gasteiger partial charge < -0.3 is 10.6 Å². The average Bonchev–Trinajstić information content (AvgIpc) is 2.75. The van der Waals surface area contributed by atoms with Crippen molar-refractivity contribution in [2.24, 2.45) is 0 Å². The highest BCUT2D eigenvalue weighted by Crippen LogP contribution is 2.26. The molecule has 2 rings (SSSR count). The Morgan fingerprint density at radius 2 is 0.969 bits per heavy atom. The highest BCUT2D eigenvalue weighted by Gasteiger charge is 2.04. The molecular weight excluding hydrogens is 490 g/mol. The van der Waals surface area contributed by atoms with Gasteiger partial charge in [-0.05, 0) is 49.3 Å². The summed E-state index contributed by atoms with van der Waals surface area (Å²) < 4.78 is 0. The Kier molecular flexibility index (Phi) is 11.7. The molecule has 0 aromatic heterocycles. The second-order valence-corrected chi connectivity index (χ2v) is 8.56. The van der Waals surface area contributed by atoms with Gasteiger partial charge in [0.2, 0.25) is 11.8 Å². The molecule has 0 fully saturated rings. The zero-order chi connectivity index (χ0) is 23.3. The fourth-order valence-corrected chi connectivity index (χ4v) is 3.85. The minimum Gasteiger partial charge on any atom is -0.353 e. The van der Waals surface area contributed by atoms with Gasteiger partial charge in [-0.25, -0.2) is 0 Å². The second kappa shape index (κ2) is 14.2. The smallest absolute Gasteiger partial charge is 0.244 e. The minimum absolute atomic E-state index is 0.196. The van der Waals surface area contributed by atoms with Crippen LogP contribution in [0.4, 0.5) is 0 Å². The molecular formula is C24H24Cl4N2O2. The van der Waals surface area contributed by atoms with Gasteiger partial charge in [0, 0.05) is 56.5 Å². The van der Waals surface area contributed by atoms with Gasteiger partial charge >= 0.3 is 0 Å². The molecule has 0 saturated heterocycles. The first-order chi connectivity index (χ1) is 15.4. The Morgan fingerprint density at radius 1 is 0.625 bits per heavy atom. The van der Waals surface area contributed by atoms with Gasteiger partial charge in [0.05, 0.1) is 0 Å². The number of hydrogen-bond donors (Lipinski definition) is 2. The van der Waals surface area contributed by atoms with Crippen molar-refractivity contribution in [2.45, 2.75) is 25.7 Å². The van der Waals surface area contributed by atoms with Crippen molar-refractivity contribution in [3.63, 3.8) is 0 Å². The Labute approximate surface area is 208 Å². The van der Waals surface area contributed by atoms with Crippen LogP contribution in [0.5, 0.6) is 0 Å². The first-order valence-electron chi connectivity index (χ1n) is 10.2. The molecule has 0 heterocycles. The molecule has 170 valence electrons. The maximum atomic E-state index is 11.9. The molecule has 0 aliphatic heterocycles. The molecule has 2 aromatic rings. The highest BCUT2D eigenvalue weighted by molar-refractivity contribution is 6.37. The van der Waals surface area contributed by atoms with Crippen LogP contribution in [0.25, 0.3) is 12.2 Å². The molecule has 4 nitrogen and oxygen atoms in total. The number of rotatable bonds is 11. The van der Waals surface area contributed by atoms with E-state index in [9.17, 15) is 9.59 Å². The van der Waals surface area contributed by atoms with Crippen molar-refractivity contribution in [1.29, 1.82) is 0 Å². The summed E-state index contributed by atoms with van der Waals surface area (Å²) in [5, 5.41) is 7.65. The van der Waals surface area contributed by atoms with Gasteiger partial charge in [-0.2, -0.15) is 0 Å². The number of halogens is 4. The molecule has 0 unspecified atom stereocenters. The quantitative estimate of drug-likeness (QED) is 0.256. The van der Waals surface area contributed by atoms with E-state index in [0.717, 1.165) is 25.7 Å². The van der Waals surface area contributed by atoms with Gasteiger partial charge in [0.1, 0.15) is 0 Å². The van der Waals surface area contributed by atoms with Crippen LogP contribution in [0.2, 0.25) is 20.1 Å². The number of carbonyl (C=O) groups is 2. The number of benzene rings is 2. The number of amides is 2. The summed E-state index contributed by atoms with van der Waals surface area (Å²) in [5.41, 5.74) is 1.25. The molecule has 0 saturated carbocycles. The number of carbonyl (C=O) groups excluding carboxylic acids is 2. The van der Waals surface area contributed by atoms with Crippen LogP contribution in [0, 0.1) is 0 Å². The van der Waals surface area contributed by atoms with E-state index in [4.69, 9.17) is 46.4 Å². The summed E-state index contributed by atoms with van der Waals surface area (Å²) in [6, 6.07) is 10.4. The zero-order valence-electron chi connectivity index (χ0n) is 17.3. The van der Waals surface area contributed by atoms with Crippen LogP contribution in [0.3, 0.4) is 0 Å². The topological polar surface area (TPSA) is 58.2 Å². The summed E-state index contributed by atoms with van der Waals surface area (Å²) in [6.45, 7) is 1.15. The monoisotopic (exact) mass is 512 g/mol. The van der Waals surface area contributed by atoms with Crippen LogP contribution >= 0.6 is 46.4 Å². The molecule has 0 spiro atoms. The number of hydrogen-bond acceptors (Lipinski definition) is 2. The molecule has 32 heavy (non-hydrogen) atoms. The molecule has 0 aliphatic rings. The molecule has 0 aliphatic carbocycles. The predicted molar refractivity (Wildman–Crippen MR) is 135 cm³/mol. The van der Waals surface area contributed by atoms with Crippen molar-refractivity contribution >= 4 is 70.4 Å². The summed E-state index contributed by atoms with van der Waals surface area (Å²) in [6.07, 6.45) is 9.66. The van der Waals surface area contributed by atoms with Crippen LogP contribution in [-0.2, 0) is 9.59 Å². The third kappa shape index (κ3) is 9.25. The van der Waals surface area contributed by atoms with E-state index in [-0.39, 0.29) is 11.8 Å². The second-order valence-electron chi connectivity index (χ2n) is 6.93. The minimum atomic E-state index is -0.196. The summed E-state index contributed by atoms with van der Waals surface area (Å²) in [7, 11) is 0. The van der Waals surface area contributed by atoms with Gasteiger partial charge in [-0.3, -0.25) is 9.59 Å². The predicted octanol–water partition coefficient (Wildman–Crippen LogP) is 6.82. The molecule has 0 atom stereocenters. The fraction of sp³-hybridized carbons (Fsp3) is 0.250. The third-order valence-electron chi connectivity index (χ3n) is 4.50. The van der Waals surface area contributed by atoms with Gasteiger partial charge in [-0.1, -0.05) is 71.4 Å². The van der Waals surface area contributed by atoms with E-state index in [0.29, 0.717) is 44.3 Å². The zero-order valence-corrected chi connectivity index (χ0v) is 20.4. The van der Waals surface area contributed by atoms with Gasteiger partial charge in [0.25, 0.3) is 0 Å². The lowest BCUT2D eigenvalue weighted by atomic mass is 10.2. The Morgan fingerprint density at radius 3 is 1.31 bits per heavy atom. The van der Waals surface area contributed by atoms with Crippen LogP contribution < -0.4 is 10.6 Å². The molecule has 2 N–H and O–H groups in total. The lowest BCUT2D eigenvalue weighted by molar-refractivity contribution is -0.117. The van der Waals surface area contributed by atoms with Crippen molar-refractivity contribution in [2.75, 3.05) is 13.1 Å². The van der Waals surface area contributed by atoms with Crippen molar-refractivity contribution < 1.29 is 9.59 Å². The molecule has 2 aromatic carbocycles. The van der Waals surface area contributed by atoms with E-state index in [1.807, 2.05) is 0 Å². The van der Waals surface area contributed by atoms with Crippen LogP contribution in [-0.4, -0.2) is 24.9 Å². The van der Waals surface area contributed by atoms with Gasteiger partial charge in [0.15, 0.2) is 0 Å². The summed E-state index contributed by atoms with van der Waals surface area (Å²) in [5.74, 6) is -0.391. The maximum Gasteiger partial charge on any atom is 0.244 e. The highest BCUT2D eigenvalue weighted by atomic mass is 35.5. The van der Waals surface area contributed by atoms with E-state index in [1.165, 1.54) is 12.2 Å². The van der Waals surface area contributed by atoms with Crippen molar-refractivity contribution in [3.05, 3.63) is 79.8 Å². The molecule has 2 amide bonds. The lowest BCUT2D eigenvalue weighted by Gasteiger charge is -2.05. The normalized spacial score (nSPS) is 11.2. The largest absolute Gasteiger partial charge is 0.353 e. The fourth-order valence-electron chi connectivity index (χ4n) is 2.80. The Balaban J connectivity index is 1.56. The SMILES string of the molecule is O=C(C=Cc1c(Cl)cccc1Cl)NCCCCCCNC(=O)C=Cc1c(Cl)cccc1Cl. The van der Waals surface area contributed by atoms with E-state index in [2.05, 4.69) is 10.6 Å². The lowest BCUT2D eigenvalue weighted by Crippen LogP contribution is -2.23. The van der Waals surface area contributed by atoms with Crippen LogP contribution in [0.15, 0.2) is 48.6 Å².